The highest BCUT2D eigenvalue weighted by molar-refractivity contribution is 7.98. The lowest BCUT2D eigenvalue weighted by Gasteiger charge is -2.27. The molecule has 0 saturated heterocycles. The Hall–Kier alpha value is -2.63. The average Bonchev–Trinajstić information content (AvgIpc) is 2.77. The molecule has 5 unspecified atom stereocenters. The molecule has 3 amide bonds. The number of aliphatic hydroxyl groups is 1. The normalized spacial score (nSPS) is 15.5. The zero-order valence-electron chi connectivity index (χ0n) is 20.0. The van der Waals surface area contributed by atoms with Crippen molar-refractivity contribution in [1.29, 1.82) is 0 Å². The Morgan fingerprint density at radius 2 is 1.53 bits per heavy atom. The molecule has 5 atom stereocenters. The monoisotopic (exact) mass is 496 g/mol. The van der Waals surface area contributed by atoms with E-state index in [1.165, 1.54) is 18.7 Å². The largest absolute Gasteiger partial charge is 0.480 e. The van der Waals surface area contributed by atoms with Gasteiger partial charge in [0.2, 0.25) is 17.7 Å². The van der Waals surface area contributed by atoms with E-state index < -0.39 is 54.0 Å². The Morgan fingerprint density at radius 1 is 0.941 bits per heavy atom. The lowest BCUT2D eigenvalue weighted by molar-refractivity contribution is -0.143. The molecular formula is C23H36N4O6S. The number of aliphatic carboxylic acids is 1. The number of carbonyl (C=O) groups excluding carboxylic acids is 3. The average molecular weight is 497 g/mol. The number of carboxylic acid groups (broad SMARTS) is 1. The zero-order chi connectivity index (χ0) is 25.8. The number of carbonyl (C=O) groups is 4. The molecule has 0 saturated carbocycles. The first-order valence-corrected chi connectivity index (χ1v) is 12.5. The van der Waals surface area contributed by atoms with E-state index in [2.05, 4.69) is 16.0 Å². The van der Waals surface area contributed by atoms with Crippen LogP contribution in [0.15, 0.2) is 30.3 Å². The molecule has 1 rings (SSSR count). The molecule has 0 aromatic heterocycles. The van der Waals surface area contributed by atoms with Crippen LogP contribution in [0.5, 0.6) is 0 Å². The number of carboxylic acids is 1. The Morgan fingerprint density at radius 3 is 2.03 bits per heavy atom. The number of nitrogens with two attached hydrogens (primary N) is 1. The van der Waals surface area contributed by atoms with Crippen molar-refractivity contribution in [2.24, 2.45) is 11.7 Å². The summed E-state index contributed by atoms with van der Waals surface area (Å²) in [6, 6.07) is 4.66. The third kappa shape index (κ3) is 9.70. The van der Waals surface area contributed by atoms with Crippen LogP contribution in [0.1, 0.15) is 32.8 Å². The standard InChI is InChI=1S/C23H36N4O6S/c1-13(2)18(23(32)33)26-21(30)17(10-11-34-4)25-22(31)19(14(3)28)27-20(29)16(24)12-15-8-6-5-7-9-15/h5-9,13-14,16-19,28H,10-12,24H2,1-4H3,(H,25,31)(H,26,30)(H,27,29)(H,32,33). The molecule has 0 spiro atoms. The van der Waals surface area contributed by atoms with Gasteiger partial charge in [-0.3, -0.25) is 14.4 Å². The second-order valence-electron chi connectivity index (χ2n) is 8.43. The lowest BCUT2D eigenvalue weighted by atomic mass is 10.0. The van der Waals surface area contributed by atoms with Gasteiger partial charge in [0.25, 0.3) is 0 Å². The summed E-state index contributed by atoms with van der Waals surface area (Å²) in [5.74, 6) is -3.08. The number of benzene rings is 1. The summed E-state index contributed by atoms with van der Waals surface area (Å²) in [5.41, 5.74) is 6.82. The van der Waals surface area contributed by atoms with Gasteiger partial charge in [0.05, 0.1) is 12.1 Å². The summed E-state index contributed by atoms with van der Waals surface area (Å²) in [5, 5.41) is 26.9. The Labute approximate surface area is 204 Å². The minimum Gasteiger partial charge on any atom is -0.480 e. The van der Waals surface area contributed by atoms with Crippen molar-refractivity contribution < 1.29 is 29.4 Å². The van der Waals surface area contributed by atoms with Crippen molar-refractivity contribution in [2.45, 2.75) is 63.9 Å². The van der Waals surface area contributed by atoms with E-state index in [4.69, 9.17) is 5.73 Å². The fourth-order valence-corrected chi connectivity index (χ4v) is 3.63. The van der Waals surface area contributed by atoms with Crippen molar-refractivity contribution in [3.63, 3.8) is 0 Å². The molecule has 7 N–H and O–H groups in total. The molecule has 34 heavy (non-hydrogen) atoms. The van der Waals surface area contributed by atoms with Gasteiger partial charge in [0, 0.05) is 0 Å². The molecule has 0 heterocycles. The molecule has 0 aliphatic rings. The van der Waals surface area contributed by atoms with Crippen molar-refractivity contribution in [2.75, 3.05) is 12.0 Å². The highest BCUT2D eigenvalue weighted by atomic mass is 32.2. The maximum Gasteiger partial charge on any atom is 0.326 e. The summed E-state index contributed by atoms with van der Waals surface area (Å²) >= 11 is 1.45. The maximum atomic E-state index is 12.9. The molecule has 0 fully saturated rings. The second-order valence-corrected chi connectivity index (χ2v) is 9.42. The molecule has 1 aromatic carbocycles. The van der Waals surface area contributed by atoms with Crippen LogP contribution < -0.4 is 21.7 Å². The van der Waals surface area contributed by atoms with Gasteiger partial charge >= 0.3 is 5.97 Å². The van der Waals surface area contributed by atoms with Crippen LogP contribution in [0.3, 0.4) is 0 Å². The van der Waals surface area contributed by atoms with Crippen LogP contribution in [0, 0.1) is 5.92 Å². The van der Waals surface area contributed by atoms with E-state index in [0.717, 1.165) is 5.56 Å². The third-order valence-corrected chi connectivity index (χ3v) is 5.82. The summed E-state index contributed by atoms with van der Waals surface area (Å²) in [7, 11) is 0. The molecule has 0 bridgehead atoms. The number of thioether (sulfide) groups is 1. The third-order valence-electron chi connectivity index (χ3n) is 5.17. The van der Waals surface area contributed by atoms with Gasteiger partial charge in [-0.15, -0.1) is 0 Å². The number of amides is 3. The van der Waals surface area contributed by atoms with Crippen LogP contribution in [-0.2, 0) is 25.6 Å². The van der Waals surface area contributed by atoms with Gasteiger partial charge in [-0.2, -0.15) is 11.8 Å². The number of hydrogen-bond donors (Lipinski definition) is 6. The van der Waals surface area contributed by atoms with Gasteiger partial charge in [-0.05, 0) is 43.3 Å². The quantitative estimate of drug-likeness (QED) is 0.207. The first kappa shape index (κ1) is 29.4. The van der Waals surface area contributed by atoms with Gasteiger partial charge in [0.15, 0.2) is 0 Å². The zero-order valence-corrected chi connectivity index (χ0v) is 20.8. The maximum absolute atomic E-state index is 12.9. The van der Waals surface area contributed by atoms with E-state index in [0.29, 0.717) is 5.75 Å². The molecular weight excluding hydrogens is 460 g/mol. The van der Waals surface area contributed by atoms with Crippen LogP contribution in [0.4, 0.5) is 0 Å². The first-order chi connectivity index (χ1) is 16.0. The Balaban J connectivity index is 2.89. The molecule has 0 aliphatic heterocycles. The summed E-state index contributed by atoms with van der Waals surface area (Å²) in [6.45, 7) is 4.65. The number of aliphatic hydroxyl groups excluding tert-OH is 1. The lowest BCUT2D eigenvalue weighted by Crippen LogP contribution is -2.60. The van der Waals surface area contributed by atoms with Crippen molar-refractivity contribution in [1.82, 2.24) is 16.0 Å². The Bertz CT molecular complexity index is 821. The van der Waals surface area contributed by atoms with Crippen molar-refractivity contribution in [3.05, 3.63) is 35.9 Å². The van der Waals surface area contributed by atoms with Crippen LogP contribution >= 0.6 is 11.8 Å². The molecule has 10 nitrogen and oxygen atoms in total. The van der Waals surface area contributed by atoms with Gasteiger partial charge in [-0.25, -0.2) is 4.79 Å². The summed E-state index contributed by atoms with van der Waals surface area (Å²) < 4.78 is 0. The van der Waals surface area contributed by atoms with E-state index >= 15 is 0 Å². The molecule has 1 aromatic rings. The number of hydrogen-bond acceptors (Lipinski definition) is 7. The predicted molar refractivity (Wildman–Crippen MR) is 131 cm³/mol. The minimum absolute atomic E-state index is 0.233. The van der Waals surface area contributed by atoms with E-state index in [-0.39, 0.29) is 18.8 Å². The molecule has 190 valence electrons. The van der Waals surface area contributed by atoms with Crippen LogP contribution in [0.25, 0.3) is 0 Å². The Kier molecular flexibility index (Phi) is 12.6. The molecule has 11 heteroatoms. The van der Waals surface area contributed by atoms with Gasteiger partial charge in [-0.1, -0.05) is 44.2 Å². The number of rotatable bonds is 14. The predicted octanol–water partition coefficient (Wildman–Crippen LogP) is -0.115. The summed E-state index contributed by atoms with van der Waals surface area (Å²) in [4.78, 5) is 49.7. The van der Waals surface area contributed by atoms with Gasteiger partial charge < -0.3 is 31.9 Å². The molecule has 0 radical (unpaired) electrons. The highest BCUT2D eigenvalue weighted by Crippen LogP contribution is 2.07. The van der Waals surface area contributed by atoms with E-state index in [9.17, 15) is 29.4 Å². The molecule has 0 aliphatic carbocycles. The van der Waals surface area contributed by atoms with E-state index in [1.807, 2.05) is 36.6 Å². The van der Waals surface area contributed by atoms with Crippen molar-refractivity contribution >= 4 is 35.5 Å². The SMILES string of the molecule is CSCCC(NC(=O)C(NC(=O)C(N)Cc1ccccc1)C(C)O)C(=O)NC(C(=O)O)C(C)C. The fourth-order valence-electron chi connectivity index (χ4n) is 3.16. The van der Waals surface area contributed by atoms with Crippen molar-refractivity contribution in [3.8, 4) is 0 Å². The van der Waals surface area contributed by atoms with Gasteiger partial charge in [0.1, 0.15) is 18.1 Å². The highest BCUT2D eigenvalue weighted by Gasteiger charge is 2.32. The first-order valence-electron chi connectivity index (χ1n) is 11.1. The van der Waals surface area contributed by atoms with Crippen LogP contribution in [-0.4, -0.2) is 76.2 Å². The second kappa shape index (κ2) is 14.6. The topological polar surface area (TPSA) is 171 Å². The van der Waals surface area contributed by atoms with E-state index in [1.54, 1.807) is 13.8 Å². The summed E-state index contributed by atoms with van der Waals surface area (Å²) in [6.07, 6.45) is 1.04. The fraction of sp³-hybridized carbons (Fsp3) is 0.565. The minimum atomic E-state index is -1.35. The van der Waals surface area contributed by atoms with Crippen LogP contribution in [0.2, 0.25) is 0 Å². The number of nitrogens with one attached hydrogen (secondary N) is 3. The smallest absolute Gasteiger partial charge is 0.326 e.